The van der Waals surface area contributed by atoms with Crippen LogP contribution in [0.3, 0.4) is 0 Å². The van der Waals surface area contributed by atoms with Gasteiger partial charge in [-0.1, -0.05) is 6.07 Å². The van der Waals surface area contributed by atoms with Crippen LogP contribution in [0.2, 0.25) is 0 Å². The average molecular weight is 331 g/mol. The maximum atomic E-state index is 11.9. The molecule has 0 saturated carbocycles. The first-order chi connectivity index (χ1) is 11.4. The van der Waals surface area contributed by atoms with E-state index < -0.39 is 15.8 Å². The lowest BCUT2D eigenvalue weighted by molar-refractivity contribution is -0.384. The molecule has 0 aliphatic heterocycles. The van der Waals surface area contributed by atoms with Crippen LogP contribution in [0.15, 0.2) is 42.5 Å². The molecule has 1 N–H and O–H groups in total. The minimum Gasteiger partial charge on any atom is -0.484 e. The number of hydrogen-bond donors (Lipinski definition) is 1. The van der Waals surface area contributed by atoms with Crippen molar-refractivity contribution in [1.82, 2.24) is 0 Å². The maximum Gasteiger partial charge on any atom is 0.293 e. The van der Waals surface area contributed by atoms with Crippen LogP contribution >= 0.6 is 0 Å². The van der Waals surface area contributed by atoms with Crippen LogP contribution in [0.1, 0.15) is 5.56 Å². The number of carbonyl (C=O) groups is 1. The standard InChI is InChI=1S/C15H13N3O6/c1-10-2-7-13(14(8-10)18(22)23)16-15(19)9-24-12-5-3-11(4-6-12)17(20)21/h2-8H,9H2,1H3,(H,16,19). The minimum absolute atomic E-state index is 0.0721. The number of nitrogens with one attached hydrogen (secondary N) is 1. The number of aryl methyl sites for hydroxylation is 1. The number of amides is 1. The Morgan fingerprint density at radius 3 is 2.33 bits per heavy atom. The third-order valence-corrected chi connectivity index (χ3v) is 3.04. The van der Waals surface area contributed by atoms with Gasteiger partial charge < -0.3 is 10.1 Å². The van der Waals surface area contributed by atoms with E-state index in [9.17, 15) is 25.0 Å². The van der Waals surface area contributed by atoms with Crippen LogP contribution in [0, 0.1) is 27.2 Å². The lowest BCUT2D eigenvalue weighted by atomic mass is 10.2. The molecular formula is C15H13N3O6. The van der Waals surface area contributed by atoms with Crippen molar-refractivity contribution < 1.29 is 19.4 Å². The van der Waals surface area contributed by atoms with Crippen LogP contribution in [0.25, 0.3) is 0 Å². The predicted molar refractivity (Wildman–Crippen MR) is 85.1 cm³/mol. The first-order valence-corrected chi connectivity index (χ1v) is 6.79. The van der Waals surface area contributed by atoms with Crippen molar-refractivity contribution in [2.45, 2.75) is 6.92 Å². The fourth-order valence-corrected chi connectivity index (χ4v) is 1.90. The molecule has 0 atom stereocenters. The Kier molecular flexibility index (Phi) is 5.05. The SMILES string of the molecule is Cc1ccc(NC(=O)COc2ccc([N+](=O)[O-])cc2)c([N+](=O)[O-])c1. The van der Waals surface area contributed by atoms with Gasteiger partial charge in [-0.15, -0.1) is 0 Å². The third-order valence-electron chi connectivity index (χ3n) is 3.04. The molecule has 0 bridgehead atoms. The zero-order chi connectivity index (χ0) is 17.7. The molecule has 24 heavy (non-hydrogen) atoms. The van der Waals surface area contributed by atoms with Crippen LogP contribution in [0.5, 0.6) is 5.75 Å². The fourth-order valence-electron chi connectivity index (χ4n) is 1.90. The van der Waals surface area contributed by atoms with E-state index in [4.69, 9.17) is 4.74 Å². The molecule has 2 aromatic carbocycles. The molecule has 124 valence electrons. The molecular weight excluding hydrogens is 318 g/mol. The smallest absolute Gasteiger partial charge is 0.293 e. The third kappa shape index (κ3) is 4.26. The van der Waals surface area contributed by atoms with Crippen LogP contribution in [0.4, 0.5) is 17.1 Å². The summed E-state index contributed by atoms with van der Waals surface area (Å²) in [5, 5.41) is 23.9. The fraction of sp³-hybridized carbons (Fsp3) is 0.133. The lowest BCUT2D eigenvalue weighted by Gasteiger charge is -2.08. The molecule has 0 radical (unpaired) electrons. The van der Waals surface area contributed by atoms with Gasteiger partial charge >= 0.3 is 0 Å². The monoisotopic (exact) mass is 331 g/mol. The zero-order valence-corrected chi connectivity index (χ0v) is 12.6. The molecule has 0 aliphatic carbocycles. The number of nitrogens with zero attached hydrogens (tertiary/aromatic N) is 2. The number of rotatable bonds is 6. The largest absolute Gasteiger partial charge is 0.484 e. The van der Waals surface area contributed by atoms with E-state index in [1.807, 2.05) is 0 Å². The molecule has 9 nitrogen and oxygen atoms in total. The molecule has 0 saturated heterocycles. The van der Waals surface area contributed by atoms with Gasteiger partial charge in [0.05, 0.1) is 9.85 Å². The molecule has 1 amide bonds. The van der Waals surface area contributed by atoms with E-state index in [1.165, 1.54) is 36.4 Å². The number of ether oxygens (including phenoxy) is 1. The Morgan fingerprint density at radius 1 is 1.08 bits per heavy atom. The van der Waals surface area contributed by atoms with E-state index in [0.29, 0.717) is 5.56 Å². The summed E-state index contributed by atoms with van der Waals surface area (Å²) in [6, 6.07) is 9.65. The summed E-state index contributed by atoms with van der Waals surface area (Å²) in [5.41, 5.74) is 0.463. The van der Waals surface area contributed by atoms with Crippen molar-refractivity contribution in [3.63, 3.8) is 0 Å². The molecule has 0 aromatic heterocycles. The quantitative estimate of drug-likeness (QED) is 0.641. The van der Waals surface area contributed by atoms with Gasteiger partial charge in [0, 0.05) is 18.2 Å². The van der Waals surface area contributed by atoms with E-state index in [1.54, 1.807) is 13.0 Å². The van der Waals surface area contributed by atoms with Crippen molar-refractivity contribution in [1.29, 1.82) is 0 Å². The molecule has 9 heteroatoms. The number of nitro benzene ring substituents is 2. The van der Waals surface area contributed by atoms with Crippen molar-refractivity contribution in [2.24, 2.45) is 0 Å². The van der Waals surface area contributed by atoms with Crippen molar-refractivity contribution in [3.05, 3.63) is 68.3 Å². The van der Waals surface area contributed by atoms with Crippen molar-refractivity contribution in [3.8, 4) is 5.75 Å². The Morgan fingerprint density at radius 2 is 1.75 bits per heavy atom. The number of hydrogen-bond acceptors (Lipinski definition) is 6. The molecule has 2 rings (SSSR count). The molecule has 2 aromatic rings. The molecule has 0 unspecified atom stereocenters. The van der Waals surface area contributed by atoms with Gasteiger partial charge in [-0.3, -0.25) is 25.0 Å². The van der Waals surface area contributed by atoms with E-state index in [0.717, 1.165) is 0 Å². The summed E-state index contributed by atoms with van der Waals surface area (Å²) < 4.78 is 5.19. The molecule has 0 heterocycles. The molecule has 0 spiro atoms. The van der Waals surface area contributed by atoms with Gasteiger partial charge in [0.25, 0.3) is 17.3 Å². The van der Waals surface area contributed by atoms with Gasteiger partial charge in [-0.05, 0) is 30.7 Å². The van der Waals surface area contributed by atoms with Gasteiger partial charge in [0.2, 0.25) is 0 Å². The topological polar surface area (TPSA) is 125 Å². The Balaban J connectivity index is 1.99. The number of non-ortho nitro benzene ring substituents is 1. The van der Waals surface area contributed by atoms with Gasteiger partial charge in [-0.25, -0.2) is 0 Å². The van der Waals surface area contributed by atoms with Crippen LogP contribution in [-0.2, 0) is 4.79 Å². The Bertz CT molecular complexity index is 788. The molecule has 0 fully saturated rings. The van der Waals surface area contributed by atoms with Crippen LogP contribution < -0.4 is 10.1 Å². The summed E-state index contributed by atoms with van der Waals surface area (Å²) in [7, 11) is 0. The first-order valence-electron chi connectivity index (χ1n) is 6.79. The zero-order valence-electron chi connectivity index (χ0n) is 12.6. The van der Waals surface area contributed by atoms with E-state index >= 15 is 0 Å². The van der Waals surface area contributed by atoms with Gasteiger partial charge in [0.15, 0.2) is 6.61 Å². The first kappa shape index (κ1) is 16.9. The highest BCUT2D eigenvalue weighted by Crippen LogP contribution is 2.25. The Labute approximate surface area is 136 Å². The average Bonchev–Trinajstić information content (AvgIpc) is 2.54. The number of carbonyl (C=O) groups excluding carboxylic acids is 1. The number of nitro groups is 2. The second kappa shape index (κ2) is 7.18. The normalized spacial score (nSPS) is 10.0. The van der Waals surface area contributed by atoms with E-state index in [2.05, 4.69) is 5.32 Å². The highest BCUT2D eigenvalue weighted by Gasteiger charge is 2.16. The predicted octanol–water partition coefficient (Wildman–Crippen LogP) is 2.83. The van der Waals surface area contributed by atoms with Gasteiger partial charge in [0.1, 0.15) is 11.4 Å². The molecule has 0 aliphatic rings. The summed E-state index contributed by atoms with van der Waals surface area (Å²) in [5.74, 6) is -0.311. The van der Waals surface area contributed by atoms with Crippen LogP contribution in [-0.4, -0.2) is 22.4 Å². The summed E-state index contributed by atoms with van der Waals surface area (Å²) in [4.78, 5) is 32.2. The summed E-state index contributed by atoms with van der Waals surface area (Å²) in [6.07, 6.45) is 0. The minimum atomic E-state index is -0.584. The number of anilines is 1. The highest BCUT2D eigenvalue weighted by atomic mass is 16.6. The lowest BCUT2D eigenvalue weighted by Crippen LogP contribution is -2.20. The maximum absolute atomic E-state index is 11.9. The van der Waals surface area contributed by atoms with Crippen molar-refractivity contribution in [2.75, 3.05) is 11.9 Å². The summed E-state index contributed by atoms with van der Waals surface area (Å²) >= 11 is 0. The number of benzene rings is 2. The van der Waals surface area contributed by atoms with Gasteiger partial charge in [-0.2, -0.15) is 0 Å². The highest BCUT2D eigenvalue weighted by molar-refractivity contribution is 5.94. The Hall–Kier alpha value is -3.49. The second-order valence-electron chi connectivity index (χ2n) is 4.87. The second-order valence-corrected chi connectivity index (χ2v) is 4.87. The summed E-state index contributed by atoms with van der Waals surface area (Å²) in [6.45, 7) is 1.32. The van der Waals surface area contributed by atoms with E-state index in [-0.39, 0.29) is 29.4 Å². The van der Waals surface area contributed by atoms with Crippen molar-refractivity contribution >= 4 is 23.0 Å².